The number of phenolic OH excluding ortho intramolecular Hbond substituents is 1. The van der Waals surface area contributed by atoms with Crippen LogP contribution in [-0.2, 0) is 12.8 Å². The molecule has 0 saturated carbocycles. The monoisotopic (exact) mass is 355 g/mol. The van der Waals surface area contributed by atoms with Gasteiger partial charge < -0.3 is 10.4 Å². The van der Waals surface area contributed by atoms with Crippen LogP contribution in [0.4, 0.5) is 0 Å². The van der Waals surface area contributed by atoms with Crippen LogP contribution in [0.2, 0.25) is 0 Å². The molecule has 0 heterocycles. The van der Waals surface area contributed by atoms with E-state index < -0.39 is 0 Å². The Labute approximate surface area is 140 Å². The molecule has 1 aliphatic carbocycles. The Bertz CT molecular complexity index is 408. The Morgan fingerprint density at radius 1 is 1.10 bits per heavy atom. The highest BCUT2D eigenvalue weighted by Gasteiger charge is 2.18. The number of nitrogens with one attached hydrogen (secondary N) is 1. The lowest BCUT2D eigenvalue weighted by Gasteiger charge is -2.25. The number of unbranched alkanes of at least 4 members (excludes halogenated alkanes) is 5. The SMILES string of the molecule is Br.CCCCCCCCNC1CCc2ccc(O)cc2C1. The first-order valence-corrected chi connectivity index (χ1v) is 8.33. The number of aryl methyl sites for hydroxylation is 1. The fraction of sp³-hybridized carbons (Fsp3) is 0.667. The maximum Gasteiger partial charge on any atom is 0.115 e. The predicted molar refractivity (Wildman–Crippen MR) is 95.6 cm³/mol. The highest BCUT2D eigenvalue weighted by Crippen LogP contribution is 2.25. The molecule has 0 radical (unpaired) electrons. The maximum atomic E-state index is 9.57. The summed E-state index contributed by atoms with van der Waals surface area (Å²) in [6.45, 7) is 3.41. The lowest BCUT2D eigenvalue weighted by Crippen LogP contribution is -2.35. The number of phenols is 1. The van der Waals surface area contributed by atoms with Crippen molar-refractivity contribution in [3.63, 3.8) is 0 Å². The highest BCUT2D eigenvalue weighted by atomic mass is 79.9. The lowest BCUT2D eigenvalue weighted by molar-refractivity contribution is 0.441. The number of hydrogen-bond acceptors (Lipinski definition) is 2. The molecule has 1 aliphatic rings. The van der Waals surface area contributed by atoms with Crippen LogP contribution in [-0.4, -0.2) is 17.7 Å². The van der Waals surface area contributed by atoms with Crippen LogP contribution < -0.4 is 5.32 Å². The van der Waals surface area contributed by atoms with Crippen molar-refractivity contribution in [1.82, 2.24) is 5.32 Å². The molecule has 2 rings (SSSR count). The van der Waals surface area contributed by atoms with Crippen molar-refractivity contribution in [2.75, 3.05) is 6.54 Å². The van der Waals surface area contributed by atoms with Crippen molar-refractivity contribution in [1.29, 1.82) is 0 Å². The van der Waals surface area contributed by atoms with E-state index in [0.29, 0.717) is 11.8 Å². The van der Waals surface area contributed by atoms with E-state index in [1.165, 1.54) is 56.1 Å². The quantitative estimate of drug-likeness (QED) is 0.657. The summed E-state index contributed by atoms with van der Waals surface area (Å²) in [5.41, 5.74) is 2.75. The third kappa shape index (κ3) is 6.39. The molecule has 21 heavy (non-hydrogen) atoms. The summed E-state index contributed by atoms with van der Waals surface area (Å²) in [5.74, 6) is 0.403. The van der Waals surface area contributed by atoms with Crippen molar-refractivity contribution in [3.05, 3.63) is 29.3 Å². The Morgan fingerprint density at radius 2 is 1.86 bits per heavy atom. The van der Waals surface area contributed by atoms with Gasteiger partial charge in [-0.3, -0.25) is 0 Å². The first-order chi connectivity index (χ1) is 9.79. The predicted octanol–water partition coefficient (Wildman–Crippen LogP) is 4.78. The molecule has 0 saturated heterocycles. The van der Waals surface area contributed by atoms with Crippen molar-refractivity contribution < 1.29 is 5.11 Å². The van der Waals surface area contributed by atoms with Gasteiger partial charge >= 0.3 is 0 Å². The van der Waals surface area contributed by atoms with Crippen LogP contribution in [0.25, 0.3) is 0 Å². The van der Waals surface area contributed by atoms with E-state index in [0.717, 1.165) is 19.4 Å². The minimum Gasteiger partial charge on any atom is -0.508 e. The van der Waals surface area contributed by atoms with E-state index in [1.807, 2.05) is 12.1 Å². The zero-order valence-electron chi connectivity index (χ0n) is 13.2. The first kappa shape index (κ1) is 18.5. The molecule has 0 spiro atoms. The number of hydrogen-bond donors (Lipinski definition) is 2. The summed E-state index contributed by atoms with van der Waals surface area (Å²) < 4.78 is 0. The van der Waals surface area contributed by atoms with Crippen LogP contribution in [0, 0.1) is 0 Å². The van der Waals surface area contributed by atoms with Gasteiger partial charge in [-0.05, 0) is 55.5 Å². The highest BCUT2D eigenvalue weighted by molar-refractivity contribution is 8.93. The molecule has 1 aromatic rings. The van der Waals surface area contributed by atoms with Gasteiger partial charge in [-0.2, -0.15) is 0 Å². The van der Waals surface area contributed by atoms with Crippen LogP contribution in [0.3, 0.4) is 0 Å². The standard InChI is InChI=1S/C18H29NO.BrH/c1-2-3-4-5-6-7-12-19-17-10-8-15-9-11-18(20)14-16(15)13-17;/h9,11,14,17,19-20H,2-8,10,12-13H2,1H3;1H. The topological polar surface area (TPSA) is 32.3 Å². The van der Waals surface area contributed by atoms with Gasteiger partial charge in [-0.25, -0.2) is 0 Å². The van der Waals surface area contributed by atoms with Gasteiger partial charge in [0.15, 0.2) is 0 Å². The molecule has 0 fully saturated rings. The average molecular weight is 356 g/mol. The average Bonchev–Trinajstić information content (AvgIpc) is 2.46. The molecule has 2 nitrogen and oxygen atoms in total. The molecule has 0 amide bonds. The Morgan fingerprint density at radius 3 is 2.67 bits per heavy atom. The molecule has 1 aromatic carbocycles. The summed E-state index contributed by atoms with van der Waals surface area (Å²) in [5, 5.41) is 13.3. The molecule has 3 heteroatoms. The lowest BCUT2D eigenvalue weighted by atomic mass is 9.88. The van der Waals surface area contributed by atoms with E-state index in [2.05, 4.69) is 18.3 Å². The van der Waals surface area contributed by atoms with E-state index in [-0.39, 0.29) is 17.0 Å². The fourth-order valence-corrected chi connectivity index (χ4v) is 3.13. The second-order valence-electron chi connectivity index (χ2n) is 6.11. The van der Waals surface area contributed by atoms with Gasteiger partial charge in [0.2, 0.25) is 0 Å². The normalized spacial score (nSPS) is 17.1. The van der Waals surface area contributed by atoms with Gasteiger partial charge in [-0.1, -0.05) is 45.1 Å². The molecular formula is C18H30BrNO. The Balaban J connectivity index is 0.00000220. The molecule has 1 atom stereocenters. The maximum absolute atomic E-state index is 9.57. The second-order valence-corrected chi connectivity index (χ2v) is 6.11. The zero-order chi connectivity index (χ0) is 14.2. The van der Waals surface area contributed by atoms with Crippen LogP contribution in [0.15, 0.2) is 18.2 Å². The van der Waals surface area contributed by atoms with Gasteiger partial charge in [-0.15, -0.1) is 17.0 Å². The van der Waals surface area contributed by atoms with Gasteiger partial charge in [0.1, 0.15) is 5.75 Å². The van der Waals surface area contributed by atoms with Crippen molar-refractivity contribution in [3.8, 4) is 5.75 Å². The molecule has 2 N–H and O–H groups in total. The second kappa shape index (κ2) is 10.2. The Hall–Kier alpha value is -0.540. The molecule has 0 aromatic heterocycles. The van der Waals surface area contributed by atoms with Crippen molar-refractivity contribution in [2.45, 2.75) is 70.8 Å². The Kier molecular flexibility index (Phi) is 9.02. The third-order valence-corrected chi connectivity index (χ3v) is 4.38. The number of halogens is 1. The number of benzene rings is 1. The minimum atomic E-state index is 0. The number of aromatic hydroxyl groups is 1. The smallest absolute Gasteiger partial charge is 0.115 e. The number of rotatable bonds is 8. The van der Waals surface area contributed by atoms with E-state index in [1.54, 1.807) is 0 Å². The first-order valence-electron chi connectivity index (χ1n) is 8.33. The molecular weight excluding hydrogens is 326 g/mol. The van der Waals surface area contributed by atoms with E-state index >= 15 is 0 Å². The zero-order valence-corrected chi connectivity index (χ0v) is 14.9. The molecule has 0 aliphatic heterocycles. The van der Waals surface area contributed by atoms with Crippen LogP contribution in [0.1, 0.15) is 63.0 Å². The molecule has 1 unspecified atom stereocenters. The summed E-state index contributed by atoms with van der Waals surface area (Å²) in [4.78, 5) is 0. The number of fused-ring (bicyclic) bond motifs is 1. The minimum absolute atomic E-state index is 0. The molecule has 0 bridgehead atoms. The van der Waals surface area contributed by atoms with Crippen molar-refractivity contribution in [2.24, 2.45) is 0 Å². The van der Waals surface area contributed by atoms with Crippen LogP contribution in [0.5, 0.6) is 5.75 Å². The fourth-order valence-electron chi connectivity index (χ4n) is 3.13. The summed E-state index contributed by atoms with van der Waals surface area (Å²) in [7, 11) is 0. The summed E-state index contributed by atoms with van der Waals surface area (Å²) in [6, 6.07) is 6.42. The summed E-state index contributed by atoms with van der Waals surface area (Å²) in [6.07, 6.45) is 11.6. The van der Waals surface area contributed by atoms with Gasteiger partial charge in [0.05, 0.1) is 0 Å². The molecule has 120 valence electrons. The third-order valence-electron chi connectivity index (χ3n) is 4.38. The van der Waals surface area contributed by atoms with Crippen molar-refractivity contribution >= 4 is 17.0 Å². The van der Waals surface area contributed by atoms with E-state index in [9.17, 15) is 5.11 Å². The largest absolute Gasteiger partial charge is 0.508 e. The van der Waals surface area contributed by atoms with E-state index in [4.69, 9.17) is 0 Å². The van der Waals surface area contributed by atoms with Crippen LogP contribution >= 0.6 is 17.0 Å². The van der Waals surface area contributed by atoms with Gasteiger partial charge in [0, 0.05) is 6.04 Å². The van der Waals surface area contributed by atoms with Gasteiger partial charge in [0.25, 0.3) is 0 Å². The summed E-state index contributed by atoms with van der Waals surface area (Å²) >= 11 is 0.